The summed E-state index contributed by atoms with van der Waals surface area (Å²) in [6.07, 6.45) is 5.35. The number of nitrogens with one attached hydrogen (secondary N) is 1. The largest absolute Gasteiger partial charge is 0.374 e. The van der Waals surface area contributed by atoms with Gasteiger partial charge in [-0.3, -0.25) is 9.52 Å². The van der Waals surface area contributed by atoms with Crippen molar-refractivity contribution < 1.29 is 17.9 Å². The van der Waals surface area contributed by atoms with Gasteiger partial charge in [-0.25, -0.2) is 8.42 Å². The molecule has 1 amide bonds. The number of hydrogen-bond donors (Lipinski definition) is 1. The first-order valence-electron chi connectivity index (χ1n) is 7.95. The summed E-state index contributed by atoms with van der Waals surface area (Å²) in [7, 11) is -3.43. The molecule has 0 aromatic heterocycles. The Hall–Kier alpha value is -1.60. The Morgan fingerprint density at radius 3 is 2.78 bits per heavy atom. The van der Waals surface area contributed by atoms with Gasteiger partial charge >= 0.3 is 0 Å². The molecule has 1 saturated carbocycles. The minimum Gasteiger partial charge on any atom is -0.374 e. The summed E-state index contributed by atoms with van der Waals surface area (Å²) in [6, 6.07) is 6.85. The van der Waals surface area contributed by atoms with Crippen LogP contribution >= 0.6 is 0 Å². The van der Waals surface area contributed by atoms with Crippen LogP contribution in [0.25, 0.3) is 0 Å². The Bertz CT molecular complexity index is 687. The molecule has 126 valence electrons. The van der Waals surface area contributed by atoms with E-state index in [1.807, 2.05) is 4.90 Å². The first kappa shape index (κ1) is 16.3. The molecule has 2 fully saturated rings. The zero-order chi connectivity index (χ0) is 16.4. The van der Waals surface area contributed by atoms with Gasteiger partial charge in [0.2, 0.25) is 10.0 Å². The lowest BCUT2D eigenvalue weighted by atomic mass is 9.89. The van der Waals surface area contributed by atoms with Crippen LogP contribution in [0.1, 0.15) is 36.0 Å². The molecule has 23 heavy (non-hydrogen) atoms. The highest BCUT2D eigenvalue weighted by atomic mass is 32.2. The van der Waals surface area contributed by atoms with Crippen LogP contribution in [-0.2, 0) is 14.8 Å². The summed E-state index contributed by atoms with van der Waals surface area (Å²) < 4.78 is 31.3. The number of benzene rings is 1. The summed E-state index contributed by atoms with van der Waals surface area (Å²) in [5.41, 5.74) is 0.725. The Morgan fingerprint density at radius 2 is 2.00 bits per heavy atom. The number of amides is 1. The predicted octanol–water partition coefficient (Wildman–Crippen LogP) is 1.84. The van der Waals surface area contributed by atoms with Crippen molar-refractivity contribution in [2.24, 2.45) is 0 Å². The number of sulfonamides is 1. The number of nitrogens with zero attached hydrogens (tertiary/aromatic N) is 1. The molecule has 1 aromatic rings. The van der Waals surface area contributed by atoms with Gasteiger partial charge in [0, 0.05) is 6.54 Å². The highest BCUT2D eigenvalue weighted by molar-refractivity contribution is 7.92. The zero-order valence-electron chi connectivity index (χ0n) is 13.2. The summed E-state index contributed by atoms with van der Waals surface area (Å²) in [5, 5.41) is 0. The fourth-order valence-corrected chi connectivity index (χ4v) is 4.04. The summed E-state index contributed by atoms with van der Waals surface area (Å²) in [4.78, 5) is 14.9. The van der Waals surface area contributed by atoms with Crippen molar-refractivity contribution in [3.05, 3.63) is 29.8 Å². The molecule has 1 aliphatic carbocycles. The monoisotopic (exact) mass is 338 g/mol. The highest BCUT2D eigenvalue weighted by Gasteiger charge is 2.37. The molecular weight excluding hydrogens is 316 g/mol. The van der Waals surface area contributed by atoms with Gasteiger partial charge in [-0.15, -0.1) is 0 Å². The van der Waals surface area contributed by atoms with Crippen molar-refractivity contribution in [3.63, 3.8) is 0 Å². The molecule has 1 aromatic carbocycles. The standard InChI is InChI=1S/C16H22N2O4S/c1-23(20,21)17-13-7-3-2-6-12(13)16(19)18-10-11-22-15-9-5-4-8-14(15)18/h2-3,6-7,14-15,17H,4-5,8-11H2,1H3/t14-,15-/m0/s1. The van der Waals surface area contributed by atoms with Crippen LogP contribution < -0.4 is 4.72 Å². The molecule has 0 spiro atoms. The van der Waals surface area contributed by atoms with E-state index in [4.69, 9.17) is 4.74 Å². The van der Waals surface area contributed by atoms with Crippen LogP contribution in [0.15, 0.2) is 24.3 Å². The third-order valence-electron chi connectivity index (χ3n) is 4.45. The minimum absolute atomic E-state index is 0.0938. The number of anilines is 1. The number of carbonyl (C=O) groups excluding carboxylic acids is 1. The van der Waals surface area contributed by atoms with Crippen molar-refractivity contribution in [2.45, 2.75) is 37.8 Å². The Kier molecular flexibility index (Phi) is 4.59. The van der Waals surface area contributed by atoms with E-state index in [-0.39, 0.29) is 18.1 Å². The van der Waals surface area contributed by atoms with E-state index in [0.717, 1.165) is 31.9 Å². The quantitative estimate of drug-likeness (QED) is 0.912. The number of hydrogen-bond acceptors (Lipinski definition) is 4. The summed E-state index contributed by atoms with van der Waals surface area (Å²) >= 11 is 0. The smallest absolute Gasteiger partial charge is 0.256 e. The van der Waals surface area contributed by atoms with Gasteiger partial charge in [0.15, 0.2) is 0 Å². The molecule has 0 unspecified atom stereocenters. The normalized spacial score (nSPS) is 24.8. The van der Waals surface area contributed by atoms with Gasteiger partial charge in [-0.2, -0.15) is 0 Å². The van der Waals surface area contributed by atoms with E-state index in [2.05, 4.69) is 4.72 Å². The molecular formula is C16H22N2O4S. The van der Waals surface area contributed by atoms with Gasteiger partial charge < -0.3 is 9.64 Å². The van der Waals surface area contributed by atoms with Crippen LogP contribution in [0.5, 0.6) is 0 Å². The molecule has 1 heterocycles. The maximum atomic E-state index is 13.0. The molecule has 1 saturated heterocycles. The van der Waals surface area contributed by atoms with Crippen molar-refractivity contribution in [2.75, 3.05) is 24.1 Å². The molecule has 1 aliphatic heterocycles. The topological polar surface area (TPSA) is 75.7 Å². The second-order valence-electron chi connectivity index (χ2n) is 6.18. The summed E-state index contributed by atoms with van der Waals surface area (Å²) in [5.74, 6) is -0.128. The minimum atomic E-state index is -3.43. The van der Waals surface area contributed by atoms with E-state index in [0.29, 0.717) is 24.4 Å². The van der Waals surface area contributed by atoms with Crippen LogP contribution in [0, 0.1) is 0 Å². The fraction of sp³-hybridized carbons (Fsp3) is 0.562. The molecule has 0 radical (unpaired) electrons. The third-order valence-corrected chi connectivity index (χ3v) is 5.04. The lowest BCUT2D eigenvalue weighted by molar-refractivity contribution is -0.0752. The van der Waals surface area contributed by atoms with E-state index in [1.165, 1.54) is 0 Å². The molecule has 0 bridgehead atoms. The van der Waals surface area contributed by atoms with Crippen molar-refractivity contribution in [3.8, 4) is 0 Å². The first-order chi connectivity index (χ1) is 11.0. The predicted molar refractivity (Wildman–Crippen MR) is 87.9 cm³/mol. The van der Waals surface area contributed by atoms with Crippen molar-refractivity contribution >= 4 is 21.6 Å². The van der Waals surface area contributed by atoms with Crippen LogP contribution in [0.2, 0.25) is 0 Å². The second kappa shape index (κ2) is 6.49. The number of carbonyl (C=O) groups is 1. The van der Waals surface area contributed by atoms with E-state index in [9.17, 15) is 13.2 Å². The van der Waals surface area contributed by atoms with Gasteiger partial charge in [-0.1, -0.05) is 25.0 Å². The molecule has 2 aliphatic rings. The first-order valence-corrected chi connectivity index (χ1v) is 9.84. The van der Waals surface area contributed by atoms with Crippen LogP contribution in [0.3, 0.4) is 0 Å². The Balaban J connectivity index is 1.88. The number of fused-ring (bicyclic) bond motifs is 1. The average Bonchev–Trinajstić information content (AvgIpc) is 2.53. The van der Waals surface area contributed by atoms with Crippen LogP contribution in [-0.4, -0.2) is 50.8 Å². The Morgan fingerprint density at radius 1 is 1.26 bits per heavy atom. The van der Waals surface area contributed by atoms with Crippen molar-refractivity contribution in [1.82, 2.24) is 4.90 Å². The van der Waals surface area contributed by atoms with Crippen molar-refractivity contribution in [1.29, 1.82) is 0 Å². The fourth-order valence-electron chi connectivity index (χ4n) is 3.46. The number of ether oxygens (including phenoxy) is 1. The van der Waals surface area contributed by atoms with Gasteiger partial charge in [0.25, 0.3) is 5.91 Å². The van der Waals surface area contributed by atoms with Gasteiger partial charge in [0.1, 0.15) is 0 Å². The number of morpholine rings is 1. The van der Waals surface area contributed by atoms with Gasteiger partial charge in [-0.05, 0) is 25.0 Å². The van der Waals surface area contributed by atoms with E-state index >= 15 is 0 Å². The third kappa shape index (κ3) is 3.67. The van der Waals surface area contributed by atoms with Crippen LogP contribution in [0.4, 0.5) is 5.69 Å². The highest BCUT2D eigenvalue weighted by Crippen LogP contribution is 2.30. The van der Waals surface area contributed by atoms with Gasteiger partial charge in [0.05, 0.1) is 36.3 Å². The second-order valence-corrected chi connectivity index (χ2v) is 7.93. The SMILES string of the molecule is CS(=O)(=O)Nc1ccccc1C(=O)N1CCO[C@H]2CCCC[C@@H]21. The molecule has 3 rings (SSSR count). The molecule has 2 atom stereocenters. The molecule has 1 N–H and O–H groups in total. The van der Waals surface area contributed by atoms with E-state index < -0.39 is 10.0 Å². The number of para-hydroxylation sites is 1. The molecule has 7 heteroatoms. The number of rotatable bonds is 3. The summed E-state index contributed by atoms with van der Waals surface area (Å²) in [6.45, 7) is 1.09. The lowest BCUT2D eigenvalue weighted by Gasteiger charge is -2.44. The average molecular weight is 338 g/mol. The maximum Gasteiger partial charge on any atom is 0.256 e. The maximum absolute atomic E-state index is 13.0. The zero-order valence-corrected chi connectivity index (χ0v) is 14.0. The Labute approximate surface area is 136 Å². The lowest BCUT2D eigenvalue weighted by Crippen LogP contribution is -2.54. The molecule has 6 nitrogen and oxygen atoms in total. The van der Waals surface area contributed by atoms with E-state index in [1.54, 1.807) is 24.3 Å².